The monoisotopic (exact) mass is 367 g/mol. The van der Waals surface area contributed by atoms with Gasteiger partial charge in [-0.05, 0) is 25.0 Å². The van der Waals surface area contributed by atoms with Crippen molar-refractivity contribution in [3.8, 4) is 17.2 Å². The van der Waals surface area contributed by atoms with Crippen molar-refractivity contribution in [2.45, 2.75) is 32.7 Å². The number of hydrogen-bond acceptors (Lipinski definition) is 5. The Labute approximate surface area is 157 Å². The van der Waals surface area contributed by atoms with E-state index in [1.54, 1.807) is 28.4 Å². The van der Waals surface area contributed by atoms with Crippen LogP contribution in [0.5, 0.6) is 17.2 Å². The van der Waals surface area contributed by atoms with Crippen molar-refractivity contribution < 1.29 is 18.9 Å². The van der Waals surface area contributed by atoms with Crippen molar-refractivity contribution in [1.29, 1.82) is 0 Å². The first kappa shape index (κ1) is 21.9. The lowest BCUT2D eigenvalue weighted by molar-refractivity contribution is 0.129. The lowest BCUT2D eigenvalue weighted by atomic mass is 10.1. The van der Waals surface area contributed by atoms with Crippen LogP contribution in [0, 0.1) is 0 Å². The molecule has 0 saturated carbocycles. The molecule has 0 spiro atoms. The summed E-state index contributed by atoms with van der Waals surface area (Å²) in [5, 5.41) is 6.56. The van der Waals surface area contributed by atoms with Gasteiger partial charge in [-0.25, -0.2) is 0 Å². The topological polar surface area (TPSA) is 73.3 Å². The molecule has 7 heteroatoms. The average Bonchev–Trinajstić information content (AvgIpc) is 2.68. The van der Waals surface area contributed by atoms with Gasteiger partial charge in [0.2, 0.25) is 5.75 Å². The normalized spacial score (nSPS) is 11.2. The molecule has 1 aromatic rings. The summed E-state index contributed by atoms with van der Waals surface area (Å²) < 4.78 is 21.8. The number of guanidine groups is 1. The molecule has 0 aliphatic rings. The Morgan fingerprint density at radius 3 is 2.31 bits per heavy atom. The molecule has 26 heavy (non-hydrogen) atoms. The van der Waals surface area contributed by atoms with Crippen LogP contribution in [-0.4, -0.2) is 54.1 Å². The van der Waals surface area contributed by atoms with E-state index in [0.717, 1.165) is 50.5 Å². The van der Waals surface area contributed by atoms with Crippen LogP contribution < -0.4 is 24.8 Å². The highest BCUT2D eigenvalue weighted by Crippen LogP contribution is 2.39. The highest BCUT2D eigenvalue weighted by molar-refractivity contribution is 5.79. The largest absolute Gasteiger partial charge is 0.493 e. The van der Waals surface area contributed by atoms with Crippen LogP contribution in [0.3, 0.4) is 0 Å². The van der Waals surface area contributed by atoms with Crippen LogP contribution in [0.2, 0.25) is 0 Å². The molecular weight excluding hydrogens is 334 g/mol. The SMILES string of the molecule is CCCCOCCCNC(=NC)NCc1ccc(OC)c(OC)c1OC. The number of methoxy groups -OCH3 is 3. The zero-order valence-corrected chi connectivity index (χ0v) is 16.7. The van der Waals surface area contributed by atoms with E-state index in [9.17, 15) is 0 Å². The average molecular weight is 367 g/mol. The molecule has 0 fully saturated rings. The standard InChI is InChI=1S/C19H33N3O4/c1-6-7-12-26-13-8-11-21-19(20-2)22-14-15-9-10-16(23-3)18(25-5)17(15)24-4/h9-10H,6-8,11-14H2,1-5H3,(H2,20,21,22). The summed E-state index contributed by atoms with van der Waals surface area (Å²) >= 11 is 0. The van der Waals surface area contributed by atoms with E-state index in [1.807, 2.05) is 12.1 Å². The van der Waals surface area contributed by atoms with Gasteiger partial charge in [-0.1, -0.05) is 13.3 Å². The molecule has 0 aromatic heterocycles. The maximum Gasteiger partial charge on any atom is 0.203 e. The van der Waals surface area contributed by atoms with Gasteiger partial charge in [0.05, 0.1) is 21.3 Å². The van der Waals surface area contributed by atoms with E-state index >= 15 is 0 Å². The van der Waals surface area contributed by atoms with E-state index in [1.165, 1.54) is 0 Å². The number of hydrogen-bond donors (Lipinski definition) is 2. The second kappa shape index (κ2) is 13.1. The summed E-state index contributed by atoms with van der Waals surface area (Å²) in [7, 11) is 6.57. The minimum absolute atomic E-state index is 0.552. The third-order valence-electron chi connectivity index (χ3n) is 3.86. The smallest absolute Gasteiger partial charge is 0.203 e. The molecule has 0 aliphatic carbocycles. The first-order valence-electron chi connectivity index (χ1n) is 9.01. The number of ether oxygens (including phenoxy) is 4. The molecule has 7 nitrogen and oxygen atoms in total. The molecule has 0 unspecified atom stereocenters. The molecule has 0 heterocycles. The predicted octanol–water partition coefficient (Wildman–Crippen LogP) is 2.58. The Hall–Kier alpha value is -2.15. The molecule has 1 rings (SSSR count). The van der Waals surface area contributed by atoms with Gasteiger partial charge in [0.1, 0.15) is 0 Å². The number of nitrogens with zero attached hydrogens (tertiary/aromatic N) is 1. The minimum atomic E-state index is 0.552. The van der Waals surface area contributed by atoms with Gasteiger partial charge in [-0.15, -0.1) is 0 Å². The predicted molar refractivity (Wildman–Crippen MR) is 105 cm³/mol. The summed E-state index contributed by atoms with van der Waals surface area (Å²) in [4.78, 5) is 4.24. The summed E-state index contributed by atoms with van der Waals surface area (Å²) in [6.45, 7) is 5.11. The number of unbranched alkanes of at least 4 members (excludes halogenated alkanes) is 1. The molecule has 0 atom stereocenters. The fraction of sp³-hybridized carbons (Fsp3) is 0.632. The Morgan fingerprint density at radius 2 is 1.69 bits per heavy atom. The van der Waals surface area contributed by atoms with Crippen molar-refractivity contribution in [2.75, 3.05) is 48.1 Å². The van der Waals surface area contributed by atoms with E-state index in [4.69, 9.17) is 18.9 Å². The van der Waals surface area contributed by atoms with Crippen molar-refractivity contribution in [3.05, 3.63) is 17.7 Å². The quantitative estimate of drug-likeness (QED) is 0.336. The number of benzene rings is 1. The summed E-state index contributed by atoms with van der Waals surface area (Å²) in [6.07, 6.45) is 3.21. The van der Waals surface area contributed by atoms with Crippen LogP contribution in [0.15, 0.2) is 17.1 Å². The molecule has 0 amide bonds. The Kier molecular flexibility index (Phi) is 11.0. The van der Waals surface area contributed by atoms with Gasteiger partial charge in [0.15, 0.2) is 17.5 Å². The number of nitrogens with one attached hydrogen (secondary N) is 2. The molecule has 0 radical (unpaired) electrons. The van der Waals surface area contributed by atoms with Gasteiger partial charge < -0.3 is 29.6 Å². The first-order valence-corrected chi connectivity index (χ1v) is 9.01. The van der Waals surface area contributed by atoms with Gasteiger partial charge in [0.25, 0.3) is 0 Å². The van der Waals surface area contributed by atoms with Crippen LogP contribution in [0.4, 0.5) is 0 Å². The minimum Gasteiger partial charge on any atom is -0.493 e. The van der Waals surface area contributed by atoms with Crippen molar-refractivity contribution in [2.24, 2.45) is 4.99 Å². The fourth-order valence-electron chi connectivity index (χ4n) is 2.43. The molecular formula is C19H33N3O4. The highest BCUT2D eigenvalue weighted by atomic mass is 16.5. The van der Waals surface area contributed by atoms with Gasteiger partial charge >= 0.3 is 0 Å². The zero-order chi connectivity index (χ0) is 19.2. The second-order valence-electron chi connectivity index (χ2n) is 5.67. The molecule has 2 N–H and O–H groups in total. The van der Waals surface area contributed by atoms with Crippen LogP contribution in [-0.2, 0) is 11.3 Å². The summed E-state index contributed by atoms with van der Waals surface area (Å²) in [6, 6.07) is 3.81. The van der Waals surface area contributed by atoms with Crippen LogP contribution >= 0.6 is 0 Å². The highest BCUT2D eigenvalue weighted by Gasteiger charge is 2.15. The first-order chi connectivity index (χ1) is 12.7. The molecule has 0 saturated heterocycles. The van der Waals surface area contributed by atoms with E-state index < -0.39 is 0 Å². The summed E-state index contributed by atoms with van der Waals surface area (Å²) in [5.74, 6) is 2.61. The second-order valence-corrected chi connectivity index (χ2v) is 5.67. The number of aliphatic imine (C=N–C) groups is 1. The fourth-order valence-corrected chi connectivity index (χ4v) is 2.43. The van der Waals surface area contributed by atoms with Gasteiger partial charge in [-0.3, -0.25) is 4.99 Å². The third-order valence-corrected chi connectivity index (χ3v) is 3.86. The van der Waals surface area contributed by atoms with E-state index in [0.29, 0.717) is 23.8 Å². The zero-order valence-electron chi connectivity index (χ0n) is 16.7. The Bertz CT molecular complexity index is 550. The van der Waals surface area contributed by atoms with E-state index in [-0.39, 0.29) is 0 Å². The molecule has 0 aliphatic heterocycles. The van der Waals surface area contributed by atoms with Crippen molar-refractivity contribution in [1.82, 2.24) is 10.6 Å². The number of rotatable bonds is 12. The molecule has 1 aromatic carbocycles. The lowest BCUT2D eigenvalue weighted by Gasteiger charge is -2.17. The maximum absolute atomic E-state index is 5.55. The van der Waals surface area contributed by atoms with Gasteiger partial charge in [0, 0.05) is 38.9 Å². The van der Waals surface area contributed by atoms with Crippen LogP contribution in [0.1, 0.15) is 31.7 Å². The van der Waals surface area contributed by atoms with Crippen molar-refractivity contribution >= 4 is 5.96 Å². The van der Waals surface area contributed by atoms with Gasteiger partial charge in [-0.2, -0.15) is 0 Å². The van der Waals surface area contributed by atoms with E-state index in [2.05, 4.69) is 22.5 Å². The summed E-state index contributed by atoms with van der Waals surface area (Å²) in [5.41, 5.74) is 0.955. The third kappa shape index (κ3) is 7.00. The molecule has 0 bridgehead atoms. The van der Waals surface area contributed by atoms with Crippen LogP contribution in [0.25, 0.3) is 0 Å². The van der Waals surface area contributed by atoms with Crippen molar-refractivity contribution in [3.63, 3.8) is 0 Å². The Morgan fingerprint density at radius 1 is 0.962 bits per heavy atom. The maximum atomic E-state index is 5.55. The molecule has 148 valence electrons. The lowest BCUT2D eigenvalue weighted by Crippen LogP contribution is -2.37. The Balaban J connectivity index is 2.51.